The summed E-state index contributed by atoms with van der Waals surface area (Å²) < 4.78 is 11.3. The highest BCUT2D eigenvalue weighted by Crippen LogP contribution is 2.38. The van der Waals surface area contributed by atoms with E-state index < -0.39 is 5.97 Å². The number of thiophene rings is 1. The van der Waals surface area contributed by atoms with Crippen LogP contribution in [0.5, 0.6) is 0 Å². The zero-order valence-corrected chi connectivity index (χ0v) is 18.9. The average molecular weight is 466 g/mol. The number of carbonyl (C=O) groups excluding carboxylic acids is 1. The Morgan fingerprint density at radius 2 is 1.85 bits per heavy atom. The van der Waals surface area contributed by atoms with Crippen LogP contribution in [0.2, 0.25) is 0 Å². The molecule has 2 aromatic carbocycles. The van der Waals surface area contributed by atoms with Gasteiger partial charge in [0.2, 0.25) is 5.89 Å². The van der Waals surface area contributed by atoms with Gasteiger partial charge in [0.05, 0.1) is 16.8 Å². The third-order valence-electron chi connectivity index (χ3n) is 5.82. The molecule has 6 nitrogen and oxygen atoms in total. The van der Waals surface area contributed by atoms with Crippen LogP contribution < -0.4 is 0 Å². The van der Waals surface area contributed by atoms with Crippen LogP contribution >= 0.6 is 11.3 Å². The van der Waals surface area contributed by atoms with Gasteiger partial charge in [-0.1, -0.05) is 42.5 Å². The molecule has 7 heteroatoms. The normalized spacial score (nSPS) is 13.9. The summed E-state index contributed by atoms with van der Waals surface area (Å²) in [4.78, 5) is 19.4. The molecule has 0 saturated carbocycles. The third kappa shape index (κ3) is 3.80. The molecule has 3 aromatic heterocycles. The number of aromatic nitrogens is 3. The summed E-state index contributed by atoms with van der Waals surface area (Å²) in [7, 11) is 0. The summed E-state index contributed by atoms with van der Waals surface area (Å²) in [6, 6.07) is 21.3. The Labute approximate surface area is 199 Å². The Kier molecular flexibility index (Phi) is 5.24. The molecule has 5 aromatic rings. The molecule has 166 valence electrons. The molecular weight excluding hydrogens is 446 g/mol. The van der Waals surface area contributed by atoms with Gasteiger partial charge in [-0.05, 0) is 59.7 Å². The van der Waals surface area contributed by atoms with Crippen molar-refractivity contribution in [3.8, 4) is 11.5 Å². The lowest BCUT2D eigenvalue weighted by Gasteiger charge is -2.11. The Hall–Kier alpha value is -4.10. The van der Waals surface area contributed by atoms with Crippen LogP contribution in [0.1, 0.15) is 38.8 Å². The Morgan fingerprint density at radius 1 is 1.00 bits per heavy atom. The topological polar surface area (TPSA) is 78.1 Å². The molecule has 0 aliphatic heterocycles. The number of ether oxygens (including phenoxy) is 1. The Morgan fingerprint density at radius 3 is 2.71 bits per heavy atom. The molecule has 6 rings (SSSR count). The number of fused-ring (bicyclic) bond motifs is 2. The lowest BCUT2D eigenvalue weighted by molar-refractivity contribution is 0.0440. The first-order valence-electron chi connectivity index (χ1n) is 11.0. The fourth-order valence-corrected chi connectivity index (χ4v) is 4.95. The number of hydrogen-bond donors (Lipinski definition) is 0. The number of allylic oxidation sites excluding steroid dienone is 1. The molecule has 3 heterocycles. The minimum Gasteiger partial charge on any atom is -0.452 e. The van der Waals surface area contributed by atoms with Gasteiger partial charge in [-0.3, -0.25) is 0 Å². The third-order valence-corrected chi connectivity index (χ3v) is 6.64. The molecule has 0 N–H and O–H groups in total. The fourth-order valence-electron chi connectivity index (χ4n) is 4.27. The van der Waals surface area contributed by atoms with E-state index in [0.29, 0.717) is 11.5 Å². The number of pyridine rings is 1. The van der Waals surface area contributed by atoms with Gasteiger partial charge in [0.1, 0.15) is 0 Å². The van der Waals surface area contributed by atoms with Gasteiger partial charge in [-0.15, -0.1) is 21.5 Å². The molecular formula is C27H19N3O3S. The quantitative estimate of drug-likeness (QED) is 0.288. The van der Waals surface area contributed by atoms with Crippen molar-refractivity contribution in [1.82, 2.24) is 15.2 Å². The Balaban J connectivity index is 1.32. The summed E-state index contributed by atoms with van der Waals surface area (Å²) in [6.07, 6.45) is 3.74. The predicted octanol–water partition coefficient (Wildman–Crippen LogP) is 6.19. The van der Waals surface area contributed by atoms with Crippen LogP contribution in [0.3, 0.4) is 0 Å². The molecule has 1 aliphatic carbocycles. The van der Waals surface area contributed by atoms with E-state index >= 15 is 0 Å². The number of benzene rings is 2. The van der Waals surface area contributed by atoms with Crippen LogP contribution in [-0.4, -0.2) is 21.2 Å². The maximum Gasteiger partial charge on any atom is 0.339 e. The minimum absolute atomic E-state index is 0.0953. The molecule has 34 heavy (non-hydrogen) atoms. The second-order valence-corrected chi connectivity index (χ2v) is 8.94. The van der Waals surface area contributed by atoms with Crippen molar-refractivity contribution in [3.05, 3.63) is 99.7 Å². The lowest BCUT2D eigenvalue weighted by atomic mass is 10.0. The SMILES string of the molecule is O=C(OCc1nnc(-c2ccccc2)o1)c1c2c(nc3ccccc13)/C(=C/c1cccs1)CC2. The van der Waals surface area contributed by atoms with Gasteiger partial charge in [0, 0.05) is 15.8 Å². The second kappa shape index (κ2) is 8.68. The highest BCUT2D eigenvalue weighted by Gasteiger charge is 2.28. The van der Waals surface area contributed by atoms with Crippen LogP contribution in [0.4, 0.5) is 0 Å². The van der Waals surface area contributed by atoms with Crippen molar-refractivity contribution in [2.45, 2.75) is 19.4 Å². The number of hydrogen-bond acceptors (Lipinski definition) is 7. The average Bonchev–Trinajstić information content (AvgIpc) is 3.64. The molecule has 0 spiro atoms. The van der Waals surface area contributed by atoms with Crippen molar-refractivity contribution in [2.75, 3.05) is 0 Å². The van der Waals surface area contributed by atoms with E-state index in [2.05, 4.69) is 27.7 Å². The number of para-hydroxylation sites is 1. The minimum atomic E-state index is -0.410. The van der Waals surface area contributed by atoms with Gasteiger partial charge in [0.15, 0.2) is 6.61 Å². The zero-order valence-electron chi connectivity index (χ0n) is 18.1. The molecule has 0 amide bonds. The first kappa shape index (κ1) is 20.5. The van der Waals surface area contributed by atoms with Crippen LogP contribution in [-0.2, 0) is 17.8 Å². The molecule has 0 radical (unpaired) electrons. The molecule has 0 bridgehead atoms. The summed E-state index contributed by atoms with van der Waals surface area (Å²) in [5.41, 5.74) is 5.11. The fraction of sp³-hybridized carbons (Fsp3) is 0.111. The number of esters is 1. The standard InChI is InChI=1S/C27H19N3O3S/c31-27(32-16-23-29-30-26(33-23)17-7-2-1-3-8-17)24-20-10-4-5-11-22(20)28-25-18(12-13-21(24)25)15-19-9-6-14-34-19/h1-11,14-15H,12-13,16H2/b18-15+. The van der Waals surface area contributed by atoms with E-state index in [0.717, 1.165) is 46.1 Å². The van der Waals surface area contributed by atoms with E-state index in [4.69, 9.17) is 14.1 Å². The Bertz CT molecular complexity index is 1520. The summed E-state index contributed by atoms with van der Waals surface area (Å²) in [6.45, 7) is -0.0953. The van der Waals surface area contributed by atoms with Crippen molar-refractivity contribution in [3.63, 3.8) is 0 Å². The van der Waals surface area contributed by atoms with Crippen LogP contribution in [0, 0.1) is 0 Å². The van der Waals surface area contributed by atoms with Crippen molar-refractivity contribution in [2.24, 2.45) is 0 Å². The number of rotatable bonds is 5. The highest BCUT2D eigenvalue weighted by molar-refractivity contribution is 7.10. The van der Waals surface area contributed by atoms with Crippen molar-refractivity contribution >= 4 is 39.9 Å². The zero-order chi connectivity index (χ0) is 22.9. The largest absolute Gasteiger partial charge is 0.452 e. The highest BCUT2D eigenvalue weighted by atomic mass is 32.1. The smallest absolute Gasteiger partial charge is 0.339 e. The lowest BCUT2D eigenvalue weighted by Crippen LogP contribution is -2.10. The summed E-state index contributed by atoms with van der Waals surface area (Å²) in [5.74, 6) is 0.234. The van der Waals surface area contributed by atoms with Gasteiger partial charge >= 0.3 is 5.97 Å². The second-order valence-electron chi connectivity index (χ2n) is 7.96. The monoisotopic (exact) mass is 465 g/mol. The van der Waals surface area contributed by atoms with Gasteiger partial charge in [0.25, 0.3) is 5.89 Å². The molecule has 0 fully saturated rings. The summed E-state index contributed by atoms with van der Waals surface area (Å²) in [5, 5.41) is 10.9. The van der Waals surface area contributed by atoms with E-state index in [-0.39, 0.29) is 12.5 Å². The van der Waals surface area contributed by atoms with E-state index in [1.807, 2.05) is 60.7 Å². The van der Waals surface area contributed by atoms with Crippen LogP contribution in [0.15, 0.2) is 76.5 Å². The van der Waals surface area contributed by atoms with Gasteiger partial charge in [-0.25, -0.2) is 9.78 Å². The molecule has 1 aliphatic rings. The number of nitrogens with zero attached hydrogens (tertiary/aromatic N) is 3. The molecule has 0 atom stereocenters. The van der Waals surface area contributed by atoms with E-state index in [1.165, 1.54) is 4.88 Å². The van der Waals surface area contributed by atoms with E-state index in [9.17, 15) is 4.79 Å². The number of carbonyl (C=O) groups is 1. The van der Waals surface area contributed by atoms with Crippen molar-refractivity contribution in [1.29, 1.82) is 0 Å². The van der Waals surface area contributed by atoms with Crippen LogP contribution in [0.25, 0.3) is 34.0 Å². The van der Waals surface area contributed by atoms with E-state index in [1.54, 1.807) is 11.3 Å². The van der Waals surface area contributed by atoms with Crippen molar-refractivity contribution < 1.29 is 13.9 Å². The first-order chi connectivity index (χ1) is 16.8. The first-order valence-corrected chi connectivity index (χ1v) is 11.9. The summed E-state index contributed by atoms with van der Waals surface area (Å²) >= 11 is 1.69. The maximum atomic E-state index is 13.3. The predicted molar refractivity (Wildman–Crippen MR) is 131 cm³/mol. The molecule has 0 unspecified atom stereocenters. The maximum absolute atomic E-state index is 13.3. The molecule has 0 saturated heterocycles. The van der Waals surface area contributed by atoms with Gasteiger partial charge in [-0.2, -0.15) is 0 Å². The van der Waals surface area contributed by atoms with Gasteiger partial charge < -0.3 is 9.15 Å².